The van der Waals surface area contributed by atoms with E-state index in [2.05, 4.69) is 16.2 Å². The zero-order valence-electron chi connectivity index (χ0n) is 15.0. The van der Waals surface area contributed by atoms with Crippen molar-refractivity contribution in [2.24, 2.45) is 4.99 Å². The van der Waals surface area contributed by atoms with Gasteiger partial charge in [0.1, 0.15) is 5.76 Å². The van der Waals surface area contributed by atoms with Crippen LogP contribution in [0.5, 0.6) is 0 Å². The van der Waals surface area contributed by atoms with Crippen molar-refractivity contribution in [3.63, 3.8) is 0 Å². The third-order valence-electron chi connectivity index (χ3n) is 3.81. The molecule has 2 rings (SSSR count). The first-order valence-corrected chi connectivity index (χ1v) is 8.45. The zero-order valence-corrected chi connectivity index (χ0v) is 15.0. The van der Waals surface area contributed by atoms with E-state index in [9.17, 15) is 9.90 Å². The molecule has 0 spiro atoms. The average Bonchev–Trinajstić information content (AvgIpc) is 2.67. The number of carbonyl (C=O) groups is 1. The minimum Gasteiger partial charge on any atom is -0.506 e. The quantitative estimate of drug-likeness (QED) is 0.357. The second kappa shape index (κ2) is 9.24. The van der Waals surface area contributed by atoms with E-state index in [4.69, 9.17) is 6.42 Å². The summed E-state index contributed by atoms with van der Waals surface area (Å²) >= 11 is 0. The Morgan fingerprint density at radius 2 is 1.92 bits per heavy atom. The Hall–Kier alpha value is -3.32. The Kier molecular flexibility index (Phi) is 6.75. The van der Waals surface area contributed by atoms with Crippen molar-refractivity contribution in [3.05, 3.63) is 70.8 Å². The van der Waals surface area contributed by atoms with E-state index in [0.717, 1.165) is 17.5 Å². The van der Waals surface area contributed by atoms with E-state index in [-0.39, 0.29) is 17.2 Å². The van der Waals surface area contributed by atoms with Crippen LogP contribution < -0.4 is 5.32 Å². The molecule has 0 heterocycles. The molecule has 0 aliphatic rings. The molecule has 0 aliphatic heterocycles. The molecule has 4 heteroatoms. The highest BCUT2D eigenvalue weighted by Gasteiger charge is 2.15. The molecule has 0 saturated heterocycles. The minimum absolute atomic E-state index is 0.0966. The number of aliphatic imine (C=N–C) groups is 1. The number of carbonyl (C=O) groups excluding carboxylic acids is 1. The van der Waals surface area contributed by atoms with Crippen molar-refractivity contribution in [1.82, 2.24) is 5.32 Å². The number of aliphatic hydroxyl groups excluding tert-OH is 1. The van der Waals surface area contributed by atoms with Gasteiger partial charge in [0, 0.05) is 23.9 Å². The molecule has 26 heavy (non-hydrogen) atoms. The molecule has 0 aromatic heterocycles. The van der Waals surface area contributed by atoms with Crippen LogP contribution in [-0.2, 0) is 4.79 Å². The molecule has 0 radical (unpaired) electrons. The summed E-state index contributed by atoms with van der Waals surface area (Å²) in [5.41, 5.74) is 2.99. The van der Waals surface area contributed by atoms with Gasteiger partial charge >= 0.3 is 0 Å². The highest BCUT2D eigenvalue weighted by molar-refractivity contribution is 6.17. The van der Waals surface area contributed by atoms with Gasteiger partial charge in [0.2, 0.25) is 0 Å². The maximum Gasteiger partial charge on any atom is 0.256 e. The molecule has 2 N–H and O–H groups in total. The summed E-state index contributed by atoms with van der Waals surface area (Å²) in [4.78, 5) is 16.8. The van der Waals surface area contributed by atoms with E-state index in [1.807, 2.05) is 32.0 Å². The van der Waals surface area contributed by atoms with Crippen LogP contribution in [0.4, 0.5) is 5.69 Å². The average molecular weight is 346 g/mol. The highest BCUT2D eigenvalue weighted by atomic mass is 16.3. The van der Waals surface area contributed by atoms with Gasteiger partial charge in [0.15, 0.2) is 0 Å². The summed E-state index contributed by atoms with van der Waals surface area (Å²) in [7, 11) is 0. The predicted molar refractivity (Wildman–Crippen MR) is 107 cm³/mol. The molecule has 132 valence electrons. The Morgan fingerprint density at radius 3 is 2.54 bits per heavy atom. The summed E-state index contributed by atoms with van der Waals surface area (Å²) in [5, 5.41) is 13.5. The Bertz CT molecular complexity index is 872. The van der Waals surface area contributed by atoms with Crippen LogP contribution in [0.2, 0.25) is 0 Å². The topological polar surface area (TPSA) is 61.7 Å². The standard InChI is InChI=1S/C22H22N2O2/c1-4-14-23-22(26)20(21(25)19-9-7-6-8-16(19)3)15-24-18-12-10-17(5-2)11-13-18/h2,6-13,15,25H,4,14H2,1,3H3,(H,23,26)/b21-20+,24-15?. The number of aryl methyl sites for hydroxylation is 1. The van der Waals surface area contributed by atoms with E-state index in [1.54, 1.807) is 30.3 Å². The van der Waals surface area contributed by atoms with Crippen molar-refractivity contribution >= 4 is 23.6 Å². The second-order valence-corrected chi connectivity index (χ2v) is 5.78. The molecule has 0 saturated carbocycles. The van der Waals surface area contributed by atoms with E-state index in [0.29, 0.717) is 17.8 Å². The second-order valence-electron chi connectivity index (χ2n) is 5.78. The largest absolute Gasteiger partial charge is 0.506 e. The van der Waals surface area contributed by atoms with Crippen LogP contribution >= 0.6 is 0 Å². The van der Waals surface area contributed by atoms with Gasteiger partial charge in [-0.1, -0.05) is 37.1 Å². The van der Waals surface area contributed by atoms with Crippen LogP contribution in [0.1, 0.15) is 30.0 Å². The van der Waals surface area contributed by atoms with Gasteiger partial charge < -0.3 is 10.4 Å². The molecule has 4 nitrogen and oxygen atoms in total. The van der Waals surface area contributed by atoms with Gasteiger partial charge in [0.05, 0.1) is 11.3 Å². The monoisotopic (exact) mass is 346 g/mol. The third kappa shape index (κ3) is 4.84. The smallest absolute Gasteiger partial charge is 0.256 e. The lowest BCUT2D eigenvalue weighted by Gasteiger charge is -2.10. The normalized spacial score (nSPS) is 11.7. The Morgan fingerprint density at radius 1 is 1.23 bits per heavy atom. The molecule has 2 aromatic rings. The van der Waals surface area contributed by atoms with Crippen molar-refractivity contribution < 1.29 is 9.90 Å². The van der Waals surface area contributed by atoms with E-state index in [1.165, 1.54) is 6.21 Å². The molecule has 0 unspecified atom stereocenters. The van der Waals surface area contributed by atoms with Gasteiger partial charge in [-0.15, -0.1) is 6.42 Å². The summed E-state index contributed by atoms with van der Waals surface area (Å²) in [6.45, 7) is 4.36. The van der Waals surface area contributed by atoms with E-state index < -0.39 is 0 Å². The molecule has 0 fully saturated rings. The SMILES string of the molecule is C#Cc1ccc(N=C/C(C(=O)NCCC)=C(\O)c2ccccc2C)cc1. The lowest BCUT2D eigenvalue weighted by atomic mass is 10.0. The number of hydrogen-bond donors (Lipinski definition) is 2. The number of amides is 1. The fourth-order valence-electron chi connectivity index (χ4n) is 2.33. The number of terminal acetylenes is 1. The fourth-order valence-corrected chi connectivity index (χ4v) is 2.33. The first-order valence-electron chi connectivity index (χ1n) is 8.45. The van der Waals surface area contributed by atoms with Crippen LogP contribution in [-0.4, -0.2) is 23.8 Å². The van der Waals surface area contributed by atoms with Crippen molar-refractivity contribution in [2.45, 2.75) is 20.3 Å². The summed E-state index contributed by atoms with van der Waals surface area (Å²) < 4.78 is 0. The van der Waals surface area contributed by atoms with Gasteiger partial charge in [0.25, 0.3) is 5.91 Å². The third-order valence-corrected chi connectivity index (χ3v) is 3.81. The van der Waals surface area contributed by atoms with Crippen LogP contribution in [0, 0.1) is 19.3 Å². The first-order chi connectivity index (χ1) is 12.6. The predicted octanol–water partition coefficient (Wildman–Crippen LogP) is 4.17. The maximum atomic E-state index is 12.5. The number of nitrogens with zero attached hydrogens (tertiary/aromatic N) is 1. The van der Waals surface area contributed by atoms with Crippen molar-refractivity contribution in [3.8, 4) is 12.3 Å². The summed E-state index contributed by atoms with van der Waals surface area (Å²) in [6, 6.07) is 14.4. The fraction of sp³-hybridized carbons (Fsp3) is 0.182. The minimum atomic E-state index is -0.364. The molecular formula is C22H22N2O2. The number of aliphatic hydroxyl groups is 1. The highest BCUT2D eigenvalue weighted by Crippen LogP contribution is 2.20. The van der Waals surface area contributed by atoms with Gasteiger partial charge in [-0.05, 0) is 43.2 Å². The number of benzene rings is 2. The molecule has 0 aliphatic carbocycles. The molecule has 0 bridgehead atoms. The van der Waals surface area contributed by atoms with Crippen molar-refractivity contribution in [2.75, 3.05) is 6.54 Å². The molecule has 0 atom stereocenters. The van der Waals surface area contributed by atoms with Gasteiger partial charge in [-0.25, -0.2) is 0 Å². The van der Waals surface area contributed by atoms with Crippen LogP contribution in [0.25, 0.3) is 5.76 Å². The number of nitrogens with one attached hydrogen (secondary N) is 1. The van der Waals surface area contributed by atoms with Gasteiger partial charge in [-0.2, -0.15) is 0 Å². The van der Waals surface area contributed by atoms with Crippen molar-refractivity contribution in [1.29, 1.82) is 0 Å². The zero-order chi connectivity index (χ0) is 18.9. The maximum absolute atomic E-state index is 12.5. The van der Waals surface area contributed by atoms with E-state index >= 15 is 0 Å². The van der Waals surface area contributed by atoms with Gasteiger partial charge in [-0.3, -0.25) is 9.79 Å². The van der Waals surface area contributed by atoms with Crippen LogP contribution in [0.15, 0.2) is 59.1 Å². The van der Waals surface area contributed by atoms with Crippen LogP contribution in [0.3, 0.4) is 0 Å². The lowest BCUT2D eigenvalue weighted by molar-refractivity contribution is -0.116. The summed E-state index contributed by atoms with van der Waals surface area (Å²) in [6.07, 6.45) is 7.53. The Balaban J connectivity index is 2.42. The Labute approximate surface area is 154 Å². The molecule has 2 aromatic carbocycles. The lowest BCUT2D eigenvalue weighted by Crippen LogP contribution is -2.27. The number of rotatable bonds is 6. The molecular weight excluding hydrogens is 324 g/mol. The first kappa shape index (κ1) is 19.0. The molecule has 1 amide bonds. The number of hydrogen-bond acceptors (Lipinski definition) is 3. The summed E-state index contributed by atoms with van der Waals surface area (Å²) in [5.74, 6) is 2.08.